The first-order valence-electron chi connectivity index (χ1n) is 10.2. The zero-order valence-electron chi connectivity index (χ0n) is 16.6. The molecule has 1 aliphatic rings. The van der Waals surface area contributed by atoms with Crippen LogP contribution in [-0.4, -0.2) is 62.7 Å². The molecule has 0 unspecified atom stereocenters. The molecule has 0 aromatic heterocycles. The summed E-state index contributed by atoms with van der Waals surface area (Å²) in [5.41, 5.74) is 5.57. The molecule has 1 N–H and O–H groups in total. The Morgan fingerprint density at radius 3 is 1.82 bits per heavy atom. The van der Waals surface area contributed by atoms with Gasteiger partial charge in [0.1, 0.15) is 0 Å². The maximum absolute atomic E-state index is 8.67. The molecule has 2 aromatic rings. The molecule has 1 aliphatic heterocycles. The molecule has 0 bridgehead atoms. The fraction of sp³-hybridized carbons (Fsp3) is 0.417. The van der Waals surface area contributed by atoms with Crippen molar-refractivity contribution in [3.8, 4) is 0 Å². The maximum atomic E-state index is 8.67. The number of nitrogens with zero attached hydrogens (tertiary/aromatic N) is 1. The number of piperidine rings is 1. The predicted octanol–water partition coefficient (Wildman–Crippen LogP) is 3.61. The number of hydrogen-bond donors (Lipinski definition) is 1. The number of aliphatic hydroxyl groups is 1. The van der Waals surface area contributed by atoms with Crippen LogP contribution in [0.3, 0.4) is 0 Å². The van der Waals surface area contributed by atoms with E-state index in [9.17, 15) is 0 Å². The van der Waals surface area contributed by atoms with Gasteiger partial charge in [-0.1, -0.05) is 66.2 Å². The minimum absolute atomic E-state index is 0.0670. The summed E-state index contributed by atoms with van der Waals surface area (Å²) in [6.07, 6.45) is 2.19. The Morgan fingerprint density at radius 1 is 0.750 bits per heavy atom. The highest BCUT2D eigenvalue weighted by atomic mass is 16.5. The van der Waals surface area contributed by atoms with Crippen LogP contribution >= 0.6 is 0 Å². The normalized spacial score (nSPS) is 15.0. The van der Waals surface area contributed by atoms with Gasteiger partial charge in [0, 0.05) is 19.6 Å². The van der Waals surface area contributed by atoms with Gasteiger partial charge >= 0.3 is 0 Å². The molecule has 1 saturated heterocycles. The van der Waals surface area contributed by atoms with Gasteiger partial charge in [-0.2, -0.15) is 0 Å². The molecule has 1 fully saturated rings. The Morgan fingerprint density at radius 2 is 1.29 bits per heavy atom. The molecule has 0 atom stereocenters. The van der Waals surface area contributed by atoms with Crippen molar-refractivity contribution < 1.29 is 14.6 Å². The molecule has 4 heteroatoms. The van der Waals surface area contributed by atoms with Gasteiger partial charge in [0.05, 0.1) is 33.0 Å². The first-order valence-corrected chi connectivity index (χ1v) is 10.2. The first-order chi connectivity index (χ1) is 13.9. The van der Waals surface area contributed by atoms with E-state index < -0.39 is 0 Å². The molecule has 150 valence electrons. The van der Waals surface area contributed by atoms with Crippen LogP contribution in [-0.2, 0) is 9.47 Å². The molecule has 0 amide bonds. The van der Waals surface area contributed by atoms with Gasteiger partial charge in [-0.05, 0) is 29.5 Å². The van der Waals surface area contributed by atoms with Crippen LogP contribution in [0.2, 0.25) is 0 Å². The molecular formula is C24H31NO3. The summed E-state index contributed by atoms with van der Waals surface area (Å²) in [5, 5.41) is 8.67. The lowest BCUT2D eigenvalue weighted by molar-refractivity contribution is 0.0260. The van der Waals surface area contributed by atoms with Gasteiger partial charge in [-0.25, -0.2) is 0 Å². The van der Waals surface area contributed by atoms with Crippen LogP contribution in [0.15, 0.2) is 66.2 Å². The molecule has 0 saturated carbocycles. The second-order valence-corrected chi connectivity index (χ2v) is 7.00. The second-order valence-electron chi connectivity index (χ2n) is 7.00. The lowest BCUT2D eigenvalue weighted by atomic mass is 9.88. The quantitative estimate of drug-likeness (QED) is 0.639. The number of likely N-dealkylation sites (tertiary alicyclic amines) is 1. The van der Waals surface area contributed by atoms with Crippen molar-refractivity contribution in [3.63, 3.8) is 0 Å². The van der Waals surface area contributed by atoms with E-state index in [1.165, 1.54) is 16.7 Å². The summed E-state index contributed by atoms with van der Waals surface area (Å²) in [5.74, 6) is 0. The SMILES string of the molecule is OCCOCCOCCN1CCC(=C(c2ccccc2)c2ccccc2)CC1. The highest BCUT2D eigenvalue weighted by Gasteiger charge is 2.18. The summed E-state index contributed by atoms with van der Waals surface area (Å²) in [6.45, 7) is 5.42. The van der Waals surface area contributed by atoms with E-state index >= 15 is 0 Å². The fourth-order valence-corrected chi connectivity index (χ4v) is 3.66. The van der Waals surface area contributed by atoms with Crippen LogP contribution in [0, 0.1) is 0 Å². The fourth-order valence-electron chi connectivity index (χ4n) is 3.66. The Balaban J connectivity index is 1.55. The number of hydrogen-bond acceptors (Lipinski definition) is 4. The average molecular weight is 382 g/mol. The Labute approximate surface area is 168 Å². The topological polar surface area (TPSA) is 41.9 Å². The second kappa shape index (κ2) is 11.8. The molecule has 4 nitrogen and oxygen atoms in total. The Kier molecular flexibility index (Phi) is 8.72. The van der Waals surface area contributed by atoms with Crippen molar-refractivity contribution in [1.29, 1.82) is 0 Å². The lowest BCUT2D eigenvalue weighted by Gasteiger charge is -2.30. The minimum atomic E-state index is 0.0670. The van der Waals surface area contributed by atoms with Gasteiger partial charge in [-0.3, -0.25) is 0 Å². The number of benzene rings is 2. The Hall–Kier alpha value is -1.98. The van der Waals surface area contributed by atoms with Crippen molar-refractivity contribution in [2.24, 2.45) is 0 Å². The van der Waals surface area contributed by atoms with E-state index in [0.29, 0.717) is 19.8 Å². The third-order valence-electron chi connectivity index (χ3n) is 5.10. The summed E-state index contributed by atoms with van der Waals surface area (Å²) >= 11 is 0. The van der Waals surface area contributed by atoms with Crippen LogP contribution in [0.1, 0.15) is 24.0 Å². The van der Waals surface area contributed by atoms with Gasteiger partial charge in [0.2, 0.25) is 0 Å². The van der Waals surface area contributed by atoms with E-state index in [1.54, 1.807) is 5.57 Å². The highest BCUT2D eigenvalue weighted by Crippen LogP contribution is 2.32. The van der Waals surface area contributed by atoms with Crippen LogP contribution < -0.4 is 0 Å². The van der Waals surface area contributed by atoms with Crippen LogP contribution in [0.25, 0.3) is 5.57 Å². The number of aliphatic hydroxyl groups excluding tert-OH is 1. The predicted molar refractivity (Wildman–Crippen MR) is 113 cm³/mol. The number of ether oxygens (including phenoxy) is 2. The van der Waals surface area contributed by atoms with Crippen LogP contribution in [0.4, 0.5) is 0 Å². The summed E-state index contributed by atoms with van der Waals surface area (Å²) in [4.78, 5) is 2.48. The van der Waals surface area contributed by atoms with E-state index in [1.807, 2.05) is 0 Å². The van der Waals surface area contributed by atoms with E-state index in [0.717, 1.165) is 39.1 Å². The summed E-state index contributed by atoms with van der Waals surface area (Å²) < 4.78 is 10.8. The van der Waals surface area contributed by atoms with Crippen molar-refractivity contribution in [1.82, 2.24) is 4.90 Å². The van der Waals surface area contributed by atoms with E-state index in [4.69, 9.17) is 14.6 Å². The van der Waals surface area contributed by atoms with Crippen LogP contribution in [0.5, 0.6) is 0 Å². The average Bonchev–Trinajstić information content (AvgIpc) is 2.76. The van der Waals surface area contributed by atoms with Crippen molar-refractivity contribution in [2.75, 3.05) is 52.7 Å². The molecule has 2 aromatic carbocycles. The van der Waals surface area contributed by atoms with E-state index in [2.05, 4.69) is 65.6 Å². The third kappa shape index (κ3) is 6.28. The standard InChI is InChI=1S/C24H31NO3/c26-16-18-28-20-19-27-17-15-25-13-11-23(12-14-25)24(21-7-3-1-4-8-21)22-9-5-2-6-10-22/h1-10,26H,11-20H2. The lowest BCUT2D eigenvalue weighted by Crippen LogP contribution is -2.34. The van der Waals surface area contributed by atoms with E-state index in [-0.39, 0.29) is 6.61 Å². The largest absolute Gasteiger partial charge is 0.394 e. The number of rotatable bonds is 10. The molecule has 0 spiro atoms. The monoisotopic (exact) mass is 381 g/mol. The molecule has 1 heterocycles. The molecule has 0 aliphatic carbocycles. The molecule has 28 heavy (non-hydrogen) atoms. The highest BCUT2D eigenvalue weighted by molar-refractivity contribution is 5.82. The molecule has 3 rings (SSSR count). The van der Waals surface area contributed by atoms with Crippen molar-refractivity contribution in [3.05, 3.63) is 77.4 Å². The zero-order valence-corrected chi connectivity index (χ0v) is 16.6. The molecular weight excluding hydrogens is 350 g/mol. The third-order valence-corrected chi connectivity index (χ3v) is 5.10. The van der Waals surface area contributed by atoms with Gasteiger partial charge < -0.3 is 19.5 Å². The zero-order chi connectivity index (χ0) is 19.4. The minimum Gasteiger partial charge on any atom is -0.394 e. The maximum Gasteiger partial charge on any atom is 0.0701 e. The summed E-state index contributed by atoms with van der Waals surface area (Å²) in [7, 11) is 0. The van der Waals surface area contributed by atoms with Crippen molar-refractivity contribution in [2.45, 2.75) is 12.8 Å². The Bertz CT molecular complexity index is 664. The van der Waals surface area contributed by atoms with Gasteiger partial charge in [-0.15, -0.1) is 0 Å². The first kappa shape index (κ1) is 20.7. The van der Waals surface area contributed by atoms with Crippen molar-refractivity contribution >= 4 is 5.57 Å². The smallest absolute Gasteiger partial charge is 0.0701 e. The van der Waals surface area contributed by atoms with Gasteiger partial charge in [0.15, 0.2) is 0 Å². The summed E-state index contributed by atoms with van der Waals surface area (Å²) in [6, 6.07) is 21.5. The molecule has 0 radical (unpaired) electrons. The van der Waals surface area contributed by atoms with Gasteiger partial charge in [0.25, 0.3) is 0 Å².